The van der Waals surface area contributed by atoms with E-state index < -0.39 is 0 Å². The third-order valence-corrected chi connectivity index (χ3v) is 2.83. The summed E-state index contributed by atoms with van der Waals surface area (Å²) in [5.41, 5.74) is 1.86. The highest BCUT2D eigenvalue weighted by atomic mass is 35.5. The molecule has 2 aromatic carbocycles. The lowest BCUT2D eigenvalue weighted by Gasteiger charge is -2.08. The van der Waals surface area contributed by atoms with Crippen molar-refractivity contribution in [2.75, 3.05) is 5.88 Å². The Bertz CT molecular complexity index is 611. The Labute approximate surface area is 123 Å². The molecule has 0 aromatic heterocycles. The van der Waals surface area contributed by atoms with Gasteiger partial charge in [-0.3, -0.25) is 0 Å². The molecule has 0 bridgehead atoms. The summed E-state index contributed by atoms with van der Waals surface area (Å²) in [4.78, 5) is 0. The zero-order chi connectivity index (χ0) is 13.5. The predicted octanol–water partition coefficient (Wildman–Crippen LogP) is 4.51. The van der Waals surface area contributed by atoms with Gasteiger partial charge < -0.3 is 4.74 Å². The van der Waals surface area contributed by atoms with Crippen LogP contribution in [0.25, 0.3) is 0 Å². The average Bonchev–Trinajstić information content (AvgIpc) is 2.44. The summed E-state index contributed by atoms with van der Waals surface area (Å²) in [7, 11) is 0. The summed E-state index contributed by atoms with van der Waals surface area (Å²) in [6, 6.07) is 15.2. The standard InChI is InChI=1S/C16H12Cl2O/c17-10-4-7-14-6-1-2-9-16(14)19-12-13-5-3-8-15(18)11-13/h1-3,5-6,8-9,11H,10,12H2. The molecule has 2 aromatic rings. The third kappa shape index (κ3) is 4.21. The van der Waals surface area contributed by atoms with Gasteiger partial charge in [-0.1, -0.05) is 47.7 Å². The summed E-state index contributed by atoms with van der Waals surface area (Å²) >= 11 is 11.5. The number of ether oxygens (including phenoxy) is 1. The highest BCUT2D eigenvalue weighted by Gasteiger charge is 2.01. The van der Waals surface area contributed by atoms with E-state index in [1.54, 1.807) is 0 Å². The number of hydrogen-bond acceptors (Lipinski definition) is 1. The minimum absolute atomic E-state index is 0.308. The molecule has 0 amide bonds. The van der Waals surface area contributed by atoms with Crippen molar-refractivity contribution in [3.8, 4) is 17.6 Å². The number of alkyl halides is 1. The second kappa shape index (κ2) is 7.09. The SMILES string of the molecule is ClCC#Cc1ccccc1OCc1cccc(Cl)c1. The molecule has 0 aliphatic carbocycles. The molecule has 0 heterocycles. The Morgan fingerprint density at radius 1 is 1.05 bits per heavy atom. The maximum Gasteiger partial charge on any atom is 0.135 e. The molecule has 3 heteroatoms. The molecule has 0 N–H and O–H groups in total. The maximum absolute atomic E-state index is 5.93. The lowest BCUT2D eigenvalue weighted by Crippen LogP contribution is -1.97. The van der Waals surface area contributed by atoms with Crippen LogP contribution in [0.1, 0.15) is 11.1 Å². The van der Waals surface area contributed by atoms with Gasteiger partial charge in [-0.15, -0.1) is 11.6 Å². The van der Waals surface area contributed by atoms with Gasteiger partial charge in [-0.05, 0) is 29.8 Å². The summed E-state index contributed by atoms with van der Waals surface area (Å²) in [5.74, 6) is 6.86. The summed E-state index contributed by atoms with van der Waals surface area (Å²) in [6.07, 6.45) is 0. The van der Waals surface area contributed by atoms with Crippen LogP contribution in [0.5, 0.6) is 5.75 Å². The molecule has 19 heavy (non-hydrogen) atoms. The molecule has 0 saturated heterocycles. The molecule has 1 nitrogen and oxygen atoms in total. The Morgan fingerprint density at radius 2 is 1.89 bits per heavy atom. The number of hydrogen-bond donors (Lipinski definition) is 0. The summed E-state index contributed by atoms with van der Waals surface area (Å²) in [5, 5.41) is 0.705. The Kier molecular flexibility index (Phi) is 5.15. The van der Waals surface area contributed by atoms with E-state index in [2.05, 4.69) is 11.8 Å². The van der Waals surface area contributed by atoms with Gasteiger partial charge in [0.2, 0.25) is 0 Å². The molecule has 2 rings (SSSR count). The van der Waals surface area contributed by atoms with Crippen molar-refractivity contribution in [2.45, 2.75) is 6.61 Å². The summed E-state index contributed by atoms with van der Waals surface area (Å²) < 4.78 is 5.77. The third-order valence-electron chi connectivity index (χ3n) is 2.46. The molecule has 0 saturated carbocycles. The minimum Gasteiger partial charge on any atom is -0.488 e. The fourth-order valence-electron chi connectivity index (χ4n) is 1.61. The first-order valence-electron chi connectivity index (χ1n) is 5.80. The van der Waals surface area contributed by atoms with E-state index in [0.29, 0.717) is 17.5 Å². The van der Waals surface area contributed by atoms with Crippen LogP contribution >= 0.6 is 23.2 Å². The maximum atomic E-state index is 5.93. The zero-order valence-corrected chi connectivity index (χ0v) is 11.7. The second-order valence-corrected chi connectivity index (χ2v) is 4.55. The molecule has 96 valence electrons. The molecule has 0 unspecified atom stereocenters. The van der Waals surface area contributed by atoms with Crippen molar-refractivity contribution < 1.29 is 4.74 Å². The van der Waals surface area contributed by atoms with Gasteiger partial charge in [0.15, 0.2) is 0 Å². The van der Waals surface area contributed by atoms with Gasteiger partial charge >= 0.3 is 0 Å². The highest BCUT2D eigenvalue weighted by molar-refractivity contribution is 6.30. The van der Waals surface area contributed by atoms with Crippen LogP contribution < -0.4 is 4.74 Å². The monoisotopic (exact) mass is 290 g/mol. The molecule has 0 fully saturated rings. The van der Waals surface area contributed by atoms with Gasteiger partial charge in [-0.2, -0.15) is 0 Å². The van der Waals surface area contributed by atoms with E-state index in [-0.39, 0.29) is 0 Å². The molecule has 0 radical (unpaired) electrons. The minimum atomic E-state index is 0.308. The first-order valence-corrected chi connectivity index (χ1v) is 6.72. The fourth-order valence-corrected chi connectivity index (χ4v) is 1.89. The molecule has 0 aliphatic heterocycles. The van der Waals surface area contributed by atoms with Crippen molar-refractivity contribution >= 4 is 23.2 Å². The van der Waals surface area contributed by atoms with Gasteiger partial charge in [0.25, 0.3) is 0 Å². The first-order chi connectivity index (χ1) is 9.29. The van der Waals surface area contributed by atoms with E-state index in [0.717, 1.165) is 16.9 Å². The van der Waals surface area contributed by atoms with Crippen molar-refractivity contribution in [1.82, 2.24) is 0 Å². The Balaban J connectivity index is 2.11. The Morgan fingerprint density at radius 3 is 2.68 bits per heavy atom. The van der Waals surface area contributed by atoms with E-state index in [1.165, 1.54) is 0 Å². The normalized spacial score (nSPS) is 9.58. The average molecular weight is 291 g/mol. The number of rotatable bonds is 3. The molecule has 0 aliphatic rings. The molecular weight excluding hydrogens is 279 g/mol. The van der Waals surface area contributed by atoms with Crippen LogP contribution in [0.3, 0.4) is 0 Å². The molecule has 0 spiro atoms. The van der Waals surface area contributed by atoms with Crippen LogP contribution in [0.15, 0.2) is 48.5 Å². The predicted molar refractivity (Wildman–Crippen MR) is 79.8 cm³/mol. The largest absolute Gasteiger partial charge is 0.488 e. The van der Waals surface area contributed by atoms with E-state index in [9.17, 15) is 0 Å². The van der Waals surface area contributed by atoms with Crippen molar-refractivity contribution in [3.63, 3.8) is 0 Å². The van der Waals surface area contributed by atoms with E-state index in [1.807, 2.05) is 48.5 Å². The quantitative estimate of drug-likeness (QED) is 0.597. The lowest BCUT2D eigenvalue weighted by molar-refractivity contribution is 0.305. The van der Waals surface area contributed by atoms with Crippen LogP contribution in [-0.2, 0) is 6.61 Å². The first kappa shape index (κ1) is 13.8. The zero-order valence-electron chi connectivity index (χ0n) is 10.2. The van der Waals surface area contributed by atoms with Crippen LogP contribution in [0.4, 0.5) is 0 Å². The van der Waals surface area contributed by atoms with E-state index >= 15 is 0 Å². The number of halogens is 2. The lowest BCUT2D eigenvalue weighted by atomic mass is 10.2. The van der Waals surface area contributed by atoms with Crippen molar-refractivity contribution in [2.24, 2.45) is 0 Å². The van der Waals surface area contributed by atoms with Gasteiger partial charge in [-0.25, -0.2) is 0 Å². The second-order valence-electron chi connectivity index (χ2n) is 3.85. The summed E-state index contributed by atoms with van der Waals surface area (Å²) in [6.45, 7) is 0.458. The van der Waals surface area contributed by atoms with Crippen LogP contribution in [0.2, 0.25) is 5.02 Å². The topological polar surface area (TPSA) is 9.23 Å². The van der Waals surface area contributed by atoms with Crippen molar-refractivity contribution in [3.05, 3.63) is 64.7 Å². The highest BCUT2D eigenvalue weighted by Crippen LogP contribution is 2.19. The molecular formula is C16H12Cl2O. The van der Waals surface area contributed by atoms with E-state index in [4.69, 9.17) is 27.9 Å². The van der Waals surface area contributed by atoms with Gasteiger partial charge in [0.05, 0.1) is 11.4 Å². The fraction of sp³-hybridized carbons (Fsp3) is 0.125. The number of benzene rings is 2. The smallest absolute Gasteiger partial charge is 0.135 e. The van der Waals surface area contributed by atoms with Crippen molar-refractivity contribution in [1.29, 1.82) is 0 Å². The Hall–Kier alpha value is -1.62. The number of para-hydroxylation sites is 1. The van der Waals surface area contributed by atoms with Crippen LogP contribution in [0, 0.1) is 11.8 Å². The van der Waals surface area contributed by atoms with Gasteiger partial charge in [0, 0.05) is 5.02 Å². The molecule has 0 atom stereocenters. The van der Waals surface area contributed by atoms with Crippen LogP contribution in [-0.4, -0.2) is 5.88 Å². The van der Waals surface area contributed by atoms with Gasteiger partial charge in [0.1, 0.15) is 12.4 Å².